The van der Waals surface area contributed by atoms with Crippen LogP contribution in [0.4, 0.5) is 0 Å². The average Bonchev–Trinajstić information content (AvgIpc) is 1.99. The van der Waals surface area contributed by atoms with Crippen molar-refractivity contribution in [3.8, 4) is 0 Å². The molecule has 1 fully saturated rings. The highest BCUT2D eigenvalue weighted by Gasteiger charge is 2.28. The van der Waals surface area contributed by atoms with Crippen molar-refractivity contribution in [2.75, 3.05) is 33.2 Å². The Hall–Kier alpha value is -0.0800. The fourth-order valence-corrected chi connectivity index (χ4v) is 1.77. The van der Waals surface area contributed by atoms with E-state index >= 15 is 0 Å². The molecule has 0 unspecified atom stereocenters. The fraction of sp³-hybridized carbons (Fsp3) is 1.00. The quantitative estimate of drug-likeness (QED) is 0.666. The van der Waals surface area contributed by atoms with Crippen LogP contribution in [0.1, 0.15) is 27.7 Å². The highest BCUT2D eigenvalue weighted by Crippen LogP contribution is 2.22. The van der Waals surface area contributed by atoms with Crippen molar-refractivity contribution in [3.05, 3.63) is 0 Å². The molecule has 1 saturated heterocycles. The van der Waals surface area contributed by atoms with E-state index in [9.17, 15) is 0 Å². The highest BCUT2D eigenvalue weighted by molar-refractivity contribution is 4.82. The Morgan fingerprint density at radius 1 is 1.21 bits per heavy atom. The van der Waals surface area contributed by atoms with Gasteiger partial charge in [-0.2, -0.15) is 0 Å². The van der Waals surface area contributed by atoms with Gasteiger partial charge in [-0.1, -0.05) is 13.8 Å². The molecular formula is C12H26N2. The van der Waals surface area contributed by atoms with Crippen LogP contribution >= 0.6 is 0 Å². The van der Waals surface area contributed by atoms with Crippen LogP contribution in [0.2, 0.25) is 0 Å². The van der Waals surface area contributed by atoms with E-state index in [0.717, 1.165) is 11.8 Å². The minimum atomic E-state index is 0.678. The van der Waals surface area contributed by atoms with E-state index in [1.165, 1.54) is 26.2 Å². The zero-order valence-electron chi connectivity index (χ0n) is 10.5. The Morgan fingerprint density at radius 2 is 1.79 bits per heavy atom. The maximum atomic E-state index is 2.57. The van der Waals surface area contributed by atoms with Crippen LogP contribution in [-0.2, 0) is 0 Å². The first-order chi connectivity index (χ1) is 6.50. The van der Waals surface area contributed by atoms with Crippen LogP contribution < -0.4 is 0 Å². The van der Waals surface area contributed by atoms with Gasteiger partial charge in [0, 0.05) is 32.2 Å². The van der Waals surface area contributed by atoms with Crippen LogP contribution in [0.15, 0.2) is 0 Å². The van der Waals surface area contributed by atoms with Crippen molar-refractivity contribution < 1.29 is 0 Å². The lowest BCUT2D eigenvalue weighted by molar-refractivity contribution is 0.0577. The molecule has 84 valence electrons. The fourth-order valence-electron chi connectivity index (χ4n) is 1.77. The van der Waals surface area contributed by atoms with Crippen molar-refractivity contribution in [2.24, 2.45) is 11.8 Å². The molecule has 2 heteroatoms. The lowest BCUT2D eigenvalue weighted by Crippen LogP contribution is -2.51. The van der Waals surface area contributed by atoms with Gasteiger partial charge in [-0.3, -0.25) is 0 Å². The van der Waals surface area contributed by atoms with Gasteiger partial charge in [0.15, 0.2) is 0 Å². The largest absolute Gasteiger partial charge is 0.303 e. The van der Waals surface area contributed by atoms with E-state index in [1.807, 2.05) is 0 Å². The molecule has 0 atom stereocenters. The summed E-state index contributed by atoms with van der Waals surface area (Å²) in [5, 5.41) is 0. The molecule has 0 aliphatic carbocycles. The minimum Gasteiger partial charge on any atom is -0.303 e. The molecule has 0 saturated carbocycles. The molecule has 0 aromatic heterocycles. The normalized spacial score (nSPS) is 19.7. The first-order valence-corrected chi connectivity index (χ1v) is 5.93. The number of likely N-dealkylation sites (tertiary alicyclic amines) is 1. The Bertz CT molecular complexity index is 160. The first kappa shape index (κ1) is 12.0. The van der Waals surface area contributed by atoms with E-state index in [0.29, 0.717) is 6.04 Å². The Labute approximate surface area is 89.3 Å². The molecule has 0 amide bonds. The summed E-state index contributed by atoms with van der Waals surface area (Å²) < 4.78 is 0. The van der Waals surface area contributed by atoms with Crippen molar-refractivity contribution in [1.29, 1.82) is 0 Å². The highest BCUT2D eigenvalue weighted by atomic mass is 15.2. The lowest BCUT2D eigenvalue weighted by Gasteiger charge is -2.42. The third-order valence-corrected chi connectivity index (χ3v) is 3.58. The number of hydrogen-bond donors (Lipinski definition) is 0. The van der Waals surface area contributed by atoms with E-state index in [2.05, 4.69) is 44.5 Å². The maximum absolute atomic E-state index is 2.57. The zero-order chi connectivity index (χ0) is 10.7. The molecule has 0 N–H and O–H groups in total. The molecule has 0 bridgehead atoms. The lowest BCUT2D eigenvalue weighted by atomic mass is 9.88. The van der Waals surface area contributed by atoms with Crippen molar-refractivity contribution in [1.82, 2.24) is 9.80 Å². The Morgan fingerprint density at radius 3 is 2.21 bits per heavy atom. The molecule has 0 spiro atoms. The first-order valence-electron chi connectivity index (χ1n) is 5.93. The Kier molecular flexibility index (Phi) is 4.39. The zero-order valence-corrected chi connectivity index (χ0v) is 10.5. The average molecular weight is 198 g/mol. The second kappa shape index (κ2) is 5.13. The summed E-state index contributed by atoms with van der Waals surface area (Å²) >= 11 is 0. The standard InChI is InChI=1S/C12H26N2/c1-10(2)12-8-14(9-12)7-6-13(5)11(3)4/h10-12H,6-9H2,1-5H3. The van der Waals surface area contributed by atoms with Crippen molar-refractivity contribution >= 4 is 0 Å². The van der Waals surface area contributed by atoms with Gasteiger partial charge in [-0.15, -0.1) is 0 Å². The van der Waals surface area contributed by atoms with Gasteiger partial charge in [-0.25, -0.2) is 0 Å². The van der Waals surface area contributed by atoms with Gasteiger partial charge in [0.05, 0.1) is 0 Å². The number of rotatable bonds is 5. The van der Waals surface area contributed by atoms with Gasteiger partial charge >= 0.3 is 0 Å². The maximum Gasteiger partial charge on any atom is 0.0110 e. The molecule has 0 aromatic carbocycles. The summed E-state index contributed by atoms with van der Waals surface area (Å²) in [4.78, 5) is 4.99. The van der Waals surface area contributed by atoms with Crippen molar-refractivity contribution in [3.63, 3.8) is 0 Å². The van der Waals surface area contributed by atoms with Crippen LogP contribution in [0.3, 0.4) is 0 Å². The number of hydrogen-bond acceptors (Lipinski definition) is 2. The molecule has 1 heterocycles. The van der Waals surface area contributed by atoms with Crippen LogP contribution in [-0.4, -0.2) is 49.1 Å². The number of nitrogens with zero attached hydrogens (tertiary/aromatic N) is 2. The summed E-state index contributed by atoms with van der Waals surface area (Å²) in [7, 11) is 2.21. The molecule has 1 rings (SSSR count). The molecule has 14 heavy (non-hydrogen) atoms. The van der Waals surface area contributed by atoms with Gasteiger partial charge < -0.3 is 9.80 Å². The summed E-state index contributed by atoms with van der Waals surface area (Å²) in [6.07, 6.45) is 0. The summed E-state index contributed by atoms with van der Waals surface area (Å²) in [6, 6.07) is 0.678. The number of likely N-dealkylation sites (N-methyl/N-ethyl adjacent to an activating group) is 1. The SMILES string of the molecule is CC(C)C1CN(CCN(C)C(C)C)C1. The van der Waals surface area contributed by atoms with E-state index < -0.39 is 0 Å². The monoisotopic (exact) mass is 198 g/mol. The molecule has 1 aliphatic heterocycles. The predicted octanol–water partition coefficient (Wildman–Crippen LogP) is 1.91. The van der Waals surface area contributed by atoms with E-state index in [1.54, 1.807) is 0 Å². The Balaban J connectivity index is 2.06. The summed E-state index contributed by atoms with van der Waals surface area (Å²) in [5.74, 6) is 1.83. The van der Waals surface area contributed by atoms with Crippen molar-refractivity contribution in [2.45, 2.75) is 33.7 Å². The van der Waals surface area contributed by atoms with Crippen LogP contribution in [0.5, 0.6) is 0 Å². The molecule has 0 aromatic rings. The second-order valence-corrected chi connectivity index (χ2v) is 5.34. The minimum absolute atomic E-state index is 0.678. The third-order valence-electron chi connectivity index (χ3n) is 3.58. The smallest absolute Gasteiger partial charge is 0.0110 e. The molecular weight excluding hydrogens is 172 g/mol. The van der Waals surface area contributed by atoms with Gasteiger partial charge in [0.1, 0.15) is 0 Å². The summed E-state index contributed by atoms with van der Waals surface area (Å²) in [5.41, 5.74) is 0. The van der Waals surface area contributed by atoms with E-state index in [4.69, 9.17) is 0 Å². The molecule has 0 radical (unpaired) electrons. The van der Waals surface area contributed by atoms with Gasteiger partial charge in [0.2, 0.25) is 0 Å². The van der Waals surface area contributed by atoms with Crippen LogP contribution in [0, 0.1) is 11.8 Å². The van der Waals surface area contributed by atoms with Crippen LogP contribution in [0.25, 0.3) is 0 Å². The third kappa shape index (κ3) is 3.25. The molecule has 2 nitrogen and oxygen atoms in total. The predicted molar refractivity (Wildman–Crippen MR) is 62.5 cm³/mol. The summed E-state index contributed by atoms with van der Waals surface area (Å²) in [6.45, 7) is 14.3. The van der Waals surface area contributed by atoms with Gasteiger partial charge in [-0.05, 0) is 32.7 Å². The molecule has 1 aliphatic rings. The topological polar surface area (TPSA) is 6.48 Å². The van der Waals surface area contributed by atoms with Gasteiger partial charge in [0.25, 0.3) is 0 Å². The second-order valence-electron chi connectivity index (χ2n) is 5.34. The van der Waals surface area contributed by atoms with E-state index in [-0.39, 0.29) is 0 Å².